The number of ether oxygens (including phenoxy) is 2. The summed E-state index contributed by atoms with van der Waals surface area (Å²) in [7, 11) is -2.29. The second-order valence-corrected chi connectivity index (χ2v) is 14.3. The quantitative estimate of drug-likeness (QED) is 0.169. The first kappa shape index (κ1) is 31.4. The van der Waals surface area contributed by atoms with Gasteiger partial charge in [-0.05, 0) is 77.6 Å². The van der Waals surface area contributed by atoms with Crippen molar-refractivity contribution >= 4 is 60.0 Å². The Morgan fingerprint density at radius 2 is 2.02 bits per heavy atom. The van der Waals surface area contributed by atoms with Crippen molar-refractivity contribution in [3.05, 3.63) is 80.9 Å². The zero-order chi connectivity index (χ0) is 32.0. The Hall–Kier alpha value is -3.58. The molecule has 0 unspecified atom stereocenters. The topological polar surface area (TPSA) is 104 Å². The van der Waals surface area contributed by atoms with E-state index in [0.29, 0.717) is 6.42 Å². The van der Waals surface area contributed by atoms with Crippen LogP contribution in [0.5, 0.6) is 5.75 Å². The van der Waals surface area contributed by atoms with E-state index >= 15 is 0 Å². The number of halogens is 2. The molecule has 0 radical (unpaired) electrons. The summed E-state index contributed by atoms with van der Waals surface area (Å²) in [5.41, 5.74) is 5.05. The van der Waals surface area contributed by atoms with Crippen LogP contribution in [0.4, 0.5) is 4.39 Å². The summed E-state index contributed by atoms with van der Waals surface area (Å²) in [5.74, 6) is -1.53. The molecule has 3 heterocycles. The highest BCUT2D eigenvalue weighted by molar-refractivity contribution is 7.89. The minimum Gasteiger partial charge on any atom is -0.488 e. The molecule has 9 nitrogen and oxygen atoms in total. The van der Waals surface area contributed by atoms with Crippen molar-refractivity contribution in [2.75, 3.05) is 13.2 Å². The zero-order valence-corrected chi connectivity index (χ0v) is 27.6. The Labute approximate surface area is 269 Å². The molecule has 2 aromatic heterocycles. The number of thiophene rings is 1. The first-order valence-corrected chi connectivity index (χ1v) is 17.3. The monoisotopic (exact) mass is 670 g/mol. The smallest absolute Gasteiger partial charge is 0.306 e. The number of aromatic nitrogens is 3. The number of esters is 1. The molecule has 0 N–H and O–H groups in total. The molecule has 0 saturated carbocycles. The first-order valence-electron chi connectivity index (χ1n) is 14.6. The van der Waals surface area contributed by atoms with Crippen molar-refractivity contribution in [2.45, 2.75) is 57.1 Å². The lowest BCUT2D eigenvalue weighted by atomic mass is 9.84. The Bertz CT molecular complexity index is 2040. The van der Waals surface area contributed by atoms with Gasteiger partial charge in [-0.2, -0.15) is 4.31 Å². The fourth-order valence-electron chi connectivity index (χ4n) is 5.96. The van der Waals surface area contributed by atoms with Crippen LogP contribution in [0.3, 0.4) is 0 Å². The molecular formula is C32H32ClFN4O5S2. The summed E-state index contributed by atoms with van der Waals surface area (Å²) in [4.78, 5) is 12.8. The SMILES string of the molecule is CCOC(=O)C[C@@H](c1cc(CN2C[C@@H](CC)Oc3cc(F)c(Cl)cc3S2(=O)=O)c2sccc2c1)c1ccc2c(nnn2C)c1C. The number of rotatable bonds is 8. The van der Waals surface area contributed by atoms with E-state index in [1.54, 1.807) is 11.6 Å². The second-order valence-electron chi connectivity index (χ2n) is 11.1. The Balaban J connectivity index is 1.48. The molecule has 0 amide bonds. The molecular weight excluding hydrogens is 639 g/mol. The highest BCUT2D eigenvalue weighted by Gasteiger charge is 2.36. The molecule has 0 fully saturated rings. The molecule has 45 heavy (non-hydrogen) atoms. The van der Waals surface area contributed by atoms with Crippen molar-refractivity contribution in [3.8, 4) is 5.75 Å². The Morgan fingerprint density at radius 1 is 1.22 bits per heavy atom. The van der Waals surface area contributed by atoms with E-state index in [9.17, 15) is 17.6 Å². The van der Waals surface area contributed by atoms with Crippen LogP contribution in [0.1, 0.15) is 54.9 Å². The number of carbonyl (C=O) groups is 1. The van der Waals surface area contributed by atoms with Crippen LogP contribution in [0.2, 0.25) is 5.02 Å². The van der Waals surface area contributed by atoms with Crippen LogP contribution < -0.4 is 4.74 Å². The number of hydrogen-bond donors (Lipinski definition) is 0. The van der Waals surface area contributed by atoms with Crippen molar-refractivity contribution in [1.82, 2.24) is 19.3 Å². The van der Waals surface area contributed by atoms with Crippen LogP contribution in [0.25, 0.3) is 21.1 Å². The molecule has 1 aliphatic heterocycles. The molecule has 6 rings (SSSR count). The maximum absolute atomic E-state index is 14.4. The lowest BCUT2D eigenvalue weighted by molar-refractivity contribution is -0.143. The minimum absolute atomic E-state index is 0.0375. The fraction of sp³-hybridized carbons (Fsp3) is 0.344. The van der Waals surface area contributed by atoms with Crippen molar-refractivity contribution < 1.29 is 27.1 Å². The number of aryl methyl sites for hydroxylation is 2. The third-order valence-corrected chi connectivity index (χ3v) is 11.4. The van der Waals surface area contributed by atoms with E-state index in [1.165, 1.54) is 15.6 Å². The normalized spacial score (nSPS) is 17.2. The van der Waals surface area contributed by atoms with Gasteiger partial charge in [-0.15, -0.1) is 16.4 Å². The fourth-order valence-corrected chi connectivity index (χ4v) is 8.65. The van der Waals surface area contributed by atoms with Gasteiger partial charge < -0.3 is 9.47 Å². The number of benzene rings is 3. The van der Waals surface area contributed by atoms with Crippen LogP contribution in [0.15, 0.2) is 52.7 Å². The summed E-state index contributed by atoms with van der Waals surface area (Å²) in [6, 6.07) is 12.1. The molecule has 236 valence electrons. The summed E-state index contributed by atoms with van der Waals surface area (Å²) in [6.45, 7) is 5.99. The van der Waals surface area contributed by atoms with E-state index < -0.39 is 27.9 Å². The molecule has 0 bridgehead atoms. The second kappa shape index (κ2) is 12.3. The maximum Gasteiger partial charge on any atom is 0.306 e. The van der Waals surface area contributed by atoms with Crippen LogP contribution in [-0.2, 0) is 33.1 Å². The van der Waals surface area contributed by atoms with Gasteiger partial charge in [0.2, 0.25) is 10.0 Å². The third kappa shape index (κ3) is 5.80. The van der Waals surface area contributed by atoms with Crippen LogP contribution in [0, 0.1) is 12.7 Å². The van der Waals surface area contributed by atoms with Gasteiger partial charge >= 0.3 is 5.97 Å². The van der Waals surface area contributed by atoms with Gasteiger partial charge in [0, 0.05) is 30.3 Å². The first-order chi connectivity index (χ1) is 21.5. The average molecular weight is 671 g/mol. The van der Waals surface area contributed by atoms with E-state index in [2.05, 4.69) is 10.3 Å². The van der Waals surface area contributed by atoms with Gasteiger partial charge in [0.15, 0.2) is 0 Å². The highest BCUT2D eigenvalue weighted by Crippen LogP contribution is 2.40. The third-order valence-electron chi connectivity index (χ3n) is 8.29. The van der Waals surface area contributed by atoms with Gasteiger partial charge in [0.25, 0.3) is 0 Å². The largest absolute Gasteiger partial charge is 0.488 e. The van der Waals surface area contributed by atoms with Crippen molar-refractivity contribution in [2.24, 2.45) is 7.05 Å². The van der Waals surface area contributed by atoms with Crippen molar-refractivity contribution in [3.63, 3.8) is 0 Å². The van der Waals surface area contributed by atoms with E-state index in [4.69, 9.17) is 21.1 Å². The van der Waals surface area contributed by atoms with Crippen LogP contribution in [-0.4, -0.2) is 52.9 Å². The predicted molar refractivity (Wildman–Crippen MR) is 172 cm³/mol. The number of carbonyl (C=O) groups excluding carboxylic acids is 1. The summed E-state index contributed by atoms with van der Waals surface area (Å²) in [5, 5.41) is 11.1. The zero-order valence-electron chi connectivity index (χ0n) is 25.2. The lowest BCUT2D eigenvalue weighted by Crippen LogP contribution is -2.36. The average Bonchev–Trinajstić information content (AvgIpc) is 3.62. The summed E-state index contributed by atoms with van der Waals surface area (Å²) in [6.07, 6.45) is 0.0953. The van der Waals surface area contributed by atoms with Crippen LogP contribution >= 0.6 is 22.9 Å². The number of fused-ring (bicyclic) bond motifs is 3. The number of nitrogens with zero attached hydrogens (tertiary/aromatic N) is 4. The summed E-state index contributed by atoms with van der Waals surface area (Å²) < 4.78 is 57.8. The van der Waals surface area contributed by atoms with Gasteiger partial charge in [-0.25, -0.2) is 17.5 Å². The van der Waals surface area contributed by atoms with E-state index in [-0.39, 0.29) is 47.8 Å². The molecule has 2 atom stereocenters. The molecule has 1 aliphatic rings. The molecule has 13 heteroatoms. The number of sulfonamides is 1. The highest BCUT2D eigenvalue weighted by atomic mass is 35.5. The van der Waals surface area contributed by atoms with E-state index in [0.717, 1.165) is 55.5 Å². The van der Waals surface area contributed by atoms with Gasteiger partial charge in [-0.3, -0.25) is 4.79 Å². The molecule has 0 spiro atoms. The lowest BCUT2D eigenvalue weighted by Gasteiger charge is -2.24. The standard InChI is InChI=1S/C32H32ClFN4O5S2/c1-5-22-17-38(45(40,41)29-14-25(33)26(34)15-28(29)43-22)16-21-12-20(11-19-9-10-44-32(19)21)24(13-30(39)42-6-2)23-7-8-27-31(18(23)3)35-36-37(27)4/h7-12,14-15,22,24H,5-6,13,16-17H2,1-4H3/t22-,24+/m1/s1. The van der Waals surface area contributed by atoms with Gasteiger partial charge in [0.1, 0.15) is 28.1 Å². The van der Waals surface area contributed by atoms with Gasteiger partial charge in [0.05, 0.1) is 30.1 Å². The predicted octanol–water partition coefficient (Wildman–Crippen LogP) is 6.73. The minimum atomic E-state index is -4.12. The number of hydrogen-bond acceptors (Lipinski definition) is 8. The van der Waals surface area contributed by atoms with Crippen molar-refractivity contribution in [1.29, 1.82) is 0 Å². The summed E-state index contributed by atoms with van der Waals surface area (Å²) >= 11 is 7.55. The Morgan fingerprint density at radius 3 is 2.78 bits per heavy atom. The Kier molecular flexibility index (Phi) is 8.59. The van der Waals surface area contributed by atoms with Gasteiger partial charge in [-0.1, -0.05) is 35.9 Å². The molecule has 0 aliphatic carbocycles. The molecule has 3 aromatic carbocycles. The molecule has 5 aromatic rings. The van der Waals surface area contributed by atoms with E-state index in [1.807, 2.05) is 56.6 Å². The molecule has 0 saturated heterocycles. The maximum atomic E-state index is 14.4.